The Labute approximate surface area is 136 Å². The molecule has 126 valence electrons. The van der Waals surface area contributed by atoms with Crippen molar-refractivity contribution >= 4 is 22.6 Å². The lowest BCUT2D eigenvalue weighted by atomic mass is 10.1. The molecule has 2 rings (SSSR count). The zero-order valence-electron chi connectivity index (χ0n) is 14.2. The van der Waals surface area contributed by atoms with E-state index in [1.807, 2.05) is 30.5 Å². The van der Waals surface area contributed by atoms with Crippen LogP contribution in [0.15, 0.2) is 30.5 Å². The van der Waals surface area contributed by atoms with Gasteiger partial charge in [-0.1, -0.05) is 6.07 Å². The summed E-state index contributed by atoms with van der Waals surface area (Å²) in [5.74, 6) is 0. The molecule has 0 aliphatic carbocycles. The van der Waals surface area contributed by atoms with Crippen LogP contribution < -0.4 is 5.32 Å². The van der Waals surface area contributed by atoms with Crippen molar-refractivity contribution < 1.29 is 14.6 Å². The number of methoxy groups -OCH3 is 1. The average Bonchev–Trinajstić information content (AvgIpc) is 2.85. The number of carbonyl (C=O) groups is 1. The fraction of sp³-hybridized carbons (Fsp3) is 0.471. The lowest BCUT2D eigenvalue weighted by Gasteiger charge is -2.25. The molecule has 1 aromatic carbocycles. The van der Waals surface area contributed by atoms with Gasteiger partial charge in [-0.25, -0.2) is 4.79 Å². The van der Waals surface area contributed by atoms with Gasteiger partial charge in [0.2, 0.25) is 0 Å². The SMILES string of the molecule is COCCn1ccc2ccc(NC(=O)N(C)CC(C)(C)O)cc21. The van der Waals surface area contributed by atoms with E-state index in [9.17, 15) is 9.90 Å². The number of urea groups is 1. The molecule has 23 heavy (non-hydrogen) atoms. The number of hydrogen-bond donors (Lipinski definition) is 2. The number of aliphatic hydroxyl groups is 1. The van der Waals surface area contributed by atoms with Gasteiger partial charge in [-0.2, -0.15) is 0 Å². The highest BCUT2D eigenvalue weighted by atomic mass is 16.5. The summed E-state index contributed by atoms with van der Waals surface area (Å²) in [6, 6.07) is 7.59. The second-order valence-electron chi connectivity index (χ2n) is 6.37. The Morgan fingerprint density at radius 3 is 2.78 bits per heavy atom. The molecule has 2 amide bonds. The molecule has 0 aliphatic rings. The van der Waals surface area contributed by atoms with Crippen LogP contribution in [0.2, 0.25) is 0 Å². The van der Waals surface area contributed by atoms with Gasteiger partial charge in [0.25, 0.3) is 0 Å². The predicted octanol–water partition coefficient (Wildman–Crippen LogP) is 2.52. The number of benzene rings is 1. The minimum atomic E-state index is -0.926. The van der Waals surface area contributed by atoms with Crippen molar-refractivity contribution in [3.8, 4) is 0 Å². The number of nitrogens with zero attached hydrogens (tertiary/aromatic N) is 2. The Morgan fingerprint density at radius 1 is 1.39 bits per heavy atom. The molecule has 0 saturated carbocycles. The van der Waals surface area contributed by atoms with E-state index in [1.54, 1.807) is 28.0 Å². The third-order valence-electron chi connectivity index (χ3n) is 3.53. The number of anilines is 1. The van der Waals surface area contributed by atoms with Crippen LogP contribution in [0, 0.1) is 0 Å². The highest BCUT2D eigenvalue weighted by molar-refractivity contribution is 5.92. The van der Waals surface area contributed by atoms with Gasteiger partial charge in [0.05, 0.1) is 24.3 Å². The molecule has 6 heteroatoms. The van der Waals surface area contributed by atoms with Gasteiger partial charge >= 0.3 is 6.03 Å². The van der Waals surface area contributed by atoms with E-state index in [4.69, 9.17) is 4.74 Å². The Kier molecular flexibility index (Phi) is 5.28. The number of nitrogens with one attached hydrogen (secondary N) is 1. The summed E-state index contributed by atoms with van der Waals surface area (Å²) in [5, 5.41) is 13.8. The summed E-state index contributed by atoms with van der Waals surface area (Å²) in [4.78, 5) is 13.7. The zero-order chi connectivity index (χ0) is 17.0. The molecule has 6 nitrogen and oxygen atoms in total. The average molecular weight is 319 g/mol. The molecule has 2 N–H and O–H groups in total. The highest BCUT2D eigenvalue weighted by Gasteiger charge is 2.19. The van der Waals surface area contributed by atoms with Crippen LogP contribution >= 0.6 is 0 Å². The number of ether oxygens (including phenoxy) is 1. The molecule has 0 aliphatic heterocycles. The molecular weight excluding hydrogens is 294 g/mol. The normalized spacial score (nSPS) is 11.7. The third-order valence-corrected chi connectivity index (χ3v) is 3.53. The van der Waals surface area contributed by atoms with Gasteiger partial charge in [-0.3, -0.25) is 0 Å². The molecular formula is C17H25N3O3. The molecule has 0 radical (unpaired) electrons. The Bertz CT molecular complexity index is 673. The van der Waals surface area contributed by atoms with Crippen molar-refractivity contribution in [3.63, 3.8) is 0 Å². The van der Waals surface area contributed by atoms with E-state index in [1.165, 1.54) is 4.90 Å². The largest absolute Gasteiger partial charge is 0.389 e. The number of fused-ring (bicyclic) bond motifs is 1. The van der Waals surface area contributed by atoms with Gasteiger partial charge in [-0.05, 0) is 37.4 Å². The second-order valence-corrected chi connectivity index (χ2v) is 6.37. The number of rotatable bonds is 6. The Balaban J connectivity index is 2.12. The standard InChI is InChI=1S/C17H25N3O3/c1-17(2,22)12-19(3)16(21)18-14-6-5-13-7-8-20(9-10-23-4)15(13)11-14/h5-8,11,22H,9-10,12H2,1-4H3,(H,18,21). The van der Waals surface area contributed by atoms with Crippen molar-refractivity contribution in [1.82, 2.24) is 9.47 Å². The van der Waals surface area contributed by atoms with Gasteiger partial charge in [-0.15, -0.1) is 0 Å². The number of likely N-dealkylation sites (N-methyl/N-ethyl adjacent to an activating group) is 1. The number of amides is 2. The summed E-state index contributed by atoms with van der Waals surface area (Å²) < 4.78 is 7.21. The third kappa shape index (κ3) is 4.71. The fourth-order valence-corrected chi connectivity index (χ4v) is 2.52. The minimum absolute atomic E-state index is 0.249. The summed E-state index contributed by atoms with van der Waals surface area (Å²) in [5.41, 5.74) is 0.845. The van der Waals surface area contributed by atoms with Crippen molar-refractivity contribution in [2.45, 2.75) is 26.0 Å². The van der Waals surface area contributed by atoms with E-state index >= 15 is 0 Å². The molecule has 2 aromatic rings. The molecule has 0 spiro atoms. The quantitative estimate of drug-likeness (QED) is 0.860. The first-order valence-corrected chi connectivity index (χ1v) is 7.62. The van der Waals surface area contributed by atoms with E-state index in [0.29, 0.717) is 6.61 Å². The number of aromatic nitrogens is 1. The molecule has 1 aromatic heterocycles. The van der Waals surface area contributed by atoms with Crippen LogP contribution in [0.3, 0.4) is 0 Å². The molecule has 0 fully saturated rings. The molecule has 1 heterocycles. The highest BCUT2D eigenvalue weighted by Crippen LogP contribution is 2.21. The zero-order valence-corrected chi connectivity index (χ0v) is 14.2. The summed E-state index contributed by atoms with van der Waals surface area (Å²) in [7, 11) is 3.34. The molecule has 0 unspecified atom stereocenters. The van der Waals surface area contributed by atoms with E-state index in [2.05, 4.69) is 9.88 Å². The Hall–Kier alpha value is -2.05. The smallest absolute Gasteiger partial charge is 0.321 e. The Morgan fingerprint density at radius 2 is 2.13 bits per heavy atom. The maximum atomic E-state index is 12.2. The minimum Gasteiger partial charge on any atom is -0.389 e. The topological polar surface area (TPSA) is 66.7 Å². The fourth-order valence-electron chi connectivity index (χ4n) is 2.52. The van der Waals surface area contributed by atoms with Crippen molar-refractivity contribution in [1.29, 1.82) is 0 Å². The second kappa shape index (κ2) is 7.02. The van der Waals surface area contributed by atoms with Crippen LogP contribution in [0.4, 0.5) is 10.5 Å². The molecule has 0 bridgehead atoms. The van der Waals surface area contributed by atoms with Gasteiger partial charge in [0, 0.05) is 32.6 Å². The van der Waals surface area contributed by atoms with Crippen LogP contribution in [0.5, 0.6) is 0 Å². The van der Waals surface area contributed by atoms with Crippen LogP contribution in [0.1, 0.15) is 13.8 Å². The summed E-state index contributed by atoms with van der Waals surface area (Å²) in [6.07, 6.45) is 2.01. The first kappa shape index (κ1) is 17.3. The van der Waals surface area contributed by atoms with Gasteiger partial charge in [0.15, 0.2) is 0 Å². The van der Waals surface area contributed by atoms with E-state index in [0.717, 1.165) is 23.1 Å². The number of carbonyl (C=O) groups excluding carboxylic acids is 1. The first-order valence-electron chi connectivity index (χ1n) is 7.62. The van der Waals surface area contributed by atoms with Crippen LogP contribution in [-0.2, 0) is 11.3 Å². The van der Waals surface area contributed by atoms with Crippen molar-refractivity contribution in [3.05, 3.63) is 30.5 Å². The first-order chi connectivity index (χ1) is 10.8. The maximum absolute atomic E-state index is 12.2. The van der Waals surface area contributed by atoms with Crippen molar-refractivity contribution in [2.24, 2.45) is 0 Å². The lowest BCUT2D eigenvalue weighted by Crippen LogP contribution is -2.41. The predicted molar refractivity (Wildman–Crippen MR) is 91.8 cm³/mol. The van der Waals surface area contributed by atoms with Gasteiger partial charge in [0.1, 0.15) is 0 Å². The van der Waals surface area contributed by atoms with Crippen LogP contribution in [-0.4, -0.2) is 53.5 Å². The monoisotopic (exact) mass is 319 g/mol. The van der Waals surface area contributed by atoms with Gasteiger partial charge < -0.3 is 24.6 Å². The molecule has 0 saturated heterocycles. The lowest BCUT2D eigenvalue weighted by molar-refractivity contribution is 0.0550. The van der Waals surface area contributed by atoms with Crippen molar-refractivity contribution in [2.75, 3.05) is 32.6 Å². The number of hydrogen-bond acceptors (Lipinski definition) is 3. The summed E-state index contributed by atoms with van der Waals surface area (Å²) >= 11 is 0. The molecule has 0 atom stereocenters. The summed E-state index contributed by atoms with van der Waals surface area (Å²) in [6.45, 7) is 4.99. The van der Waals surface area contributed by atoms with E-state index in [-0.39, 0.29) is 12.6 Å². The van der Waals surface area contributed by atoms with Crippen LogP contribution in [0.25, 0.3) is 10.9 Å². The maximum Gasteiger partial charge on any atom is 0.321 e. The van der Waals surface area contributed by atoms with E-state index < -0.39 is 5.60 Å².